The van der Waals surface area contributed by atoms with Gasteiger partial charge in [-0.25, -0.2) is 0 Å². The van der Waals surface area contributed by atoms with Gasteiger partial charge in [0, 0.05) is 0 Å². The maximum Gasteiger partial charge on any atom is -0.00461 e. The van der Waals surface area contributed by atoms with Crippen LogP contribution < -0.4 is 5.32 Å². The first-order chi connectivity index (χ1) is 7.85. The van der Waals surface area contributed by atoms with E-state index in [2.05, 4.69) is 30.4 Å². The van der Waals surface area contributed by atoms with Crippen LogP contribution in [0.3, 0.4) is 0 Å². The molecule has 0 bridgehead atoms. The zero-order valence-corrected chi connectivity index (χ0v) is 10.6. The lowest BCUT2D eigenvalue weighted by Crippen LogP contribution is -2.16. The van der Waals surface area contributed by atoms with E-state index in [0.717, 1.165) is 18.9 Å². The smallest absolute Gasteiger partial charge is 0.00461 e. The van der Waals surface area contributed by atoms with Crippen molar-refractivity contribution < 1.29 is 0 Å². The van der Waals surface area contributed by atoms with Crippen molar-refractivity contribution >= 4 is 0 Å². The van der Waals surface area contributed by atoms with Crippen molar-refractivity contribution in [3.05, 3.63) is 34.9 Å². The van der Waals surface area contributed by atoms with Crippen molar-refractivity contribution in [3.8, 4) is 0 Å². The summed E-state index contributed by atoms with van der Waals surface area (Å²) in [5, 5.41) is 3.27. The second-order valence-electron chi connectivity index (χ2n) is 4.87. The molecule has 0 spiro atoms. The van der Waals surface area contributed by atoms with E-state index < -0.39 is 0 Å². The van der Waals surface area contributed by atoms with Crippen LogP contribution >= 0.6 is 0 Å². The highest BCUT2D eigenvalue weighted by Crippen LogP contribution is 2.34. The van der Waals surface area contributed by atoms with E-state index in [4.69, 9.17) is 0 Å². The van der Waals surface area contributed by atoms with Crippen LogP contribution in [-0.4, -0.2) is 13.6 Å². The molecular formula is C15H23N. The average Bonchev–Trinajstić information content (AvgIpc) is 2.35. The Morgan fingerprint density at radius 1 is 1.38 bits per heavy atom. The molecule has 1 aromatic carbocycles. The van der Waals surface area contributed by atoms with Crippen LogP contribution in [0.15, 0.2) is 18.2 Å². The molecule has 0 aromatic heterocycles. The third-order valence-corrected chi connectivity index (χ3v) is 3.80. The quantitative estimate of drug-likeness (QED) is 0.816. The molecule has 1 heteroatoms. The van der Waals surface area contributed by atoms with E-state index in [1.165, 1.54) is 31.2 Å². The summed E-state index contributed by atoms with van der Waals surface area (Å²) in [6.45, 7) is 3.38. The monoisotopic (exact) mass is 217 g/mol. The van der Waals surface area contributed by atoms with Gasteiger partial charge < -0.3 is 5.32 Å². The number of benzene rings is 1. The first-order valence-corrected chi connectivity index (χ1v) is 6.61. The molecule has 1 nitrogen and oxygen atoms in total. The molecule has 0 saturated carbocycles. The van der Waals surface area contributed by atoms with Crippen LogP contribution in [0.4, 0.5) is 0 Å². The number of aryl methyl sites for hydroxylation is 2. The van der Waals surface area contributed by atoms with Gasteiger partial charge in [-0.3, -0.25) is 0 Å². The molecule has 0 fully saturated rings. The van der Waals surface area contributed by atoms with Crippen molar-refractivity contribution in [2.24, 2.45) is 0 Å². The molecule has 0 radical (unpaired) electrons. The fourth-order valence-corrected chi connectivity index (χ4v) is 2.78. The fourth-order valence-electron chi connectivity index (χ4n) is 2.78. The van der Waals surface area contributed by atoms with Gasteiger partial charge in [0.05, 0.1) is 0 Å². The Labute approximate surface area is 99.3 Å². The van der Waals surface area contributed by atoms with Crippen molar-refractivity contribution in [2.75, 3.05) is 13.6 Å². The number of fused-ring (bicyclic) bond motifs is 1. The van der Waals surface area contributed by atoms with E-state index in [1.807, 2.05) is 7.05 Å². The van der Waals surface area contributed by atoms with Crippen LogP contribution in [0, 0.1) is 0 Å². The first kappa shape index (κ1) is 11.7. The zero-order valence-electron chi connectivity index (χ0n) is 10.6. The molecule has 0 amide bonds. The van der Waals surface area contributed by atoms with Gasteiger partial charge in [-0.1, -0.05) is 25.1 Å². The third kappa shape index (κ3) is 2.46. The van der Waals surface area contributed by atoms with Gasteiger partial charge >= 0.3 is 0 Å². The Balaban J connectivity index is 2.21. The molecule has 16 heavy (non-hydrogen) atoms. The molecular weight excluding hydrogens is 194 g/mol. The van der Waals surface area contributed by atoms with E-state index in [1.54, 1.807) is 11.1 Å². The minimum Gasteiger partial charge on any atom is -0.320 e. The van der Waals surface area contributed by atoms with Crippen LogP contribution in [0.25, 0.3) is 0 Å². The molecule has 1 atom stereocenters. The van der Waals surface area contributed by atoms with Crippen LogP contribution in [0.2, 0.25) is 0 Å². The zero-order chi connectivity index (χ0) is 11.4. The van der Waals surface area contributed by atoms with Gasteiger partial charge in [0.2, 0.25) is 0 Å². The number of rotatable bonds is 4. The predicted octanol–water partition coefficient (Wildman–Crippen LogP) is 3.28. The molecule has 0 aliphatic heterocycles. The summed E-state index contributed by atoms with van der Waals surface area (Å²) >= 11 is 0. The van der Waals surface area contributed by atoms with Gasteiger partial charge in [-0.15, -0.1) is 0 Å². The van der Waals surface area contributed by atoms with E-state index in [0.29, 0.717) is 0 Å². The normalized spacial score (nSPS) is 19.5. The van der Waals surface area contributed by atoms with E-state index in [9.17, 15) is 0 Å². The average molecular weight is 217 g/mol. The van der Waals surface area contributed by atoms with Gasteiger partial charge in [0.1, 0.15) is 0 Å². The largest absolute Gasteiger partial charge is 0.320 e. The lowest BCUT2D eigenvalue weighted by molar-refractivity contribution is 0.509. The molecule has 1 unspecified atom stereocenters. The number of hydrogen-bond acceptors (Lipinski definition) is 1. The Bertz CT molecular complexity index is 343. The maximum atomic E-state index is 3.27. The molecule has 0 heterocycles. The molecule has 1 aliphatic rings. The lowest BCUT2D eigenvalue weighted by atomic mass is 9.80. The highest BCUT2D eigenvalue weighted by atomic mass is 14.8. The van der Waals surface area contributed by atoms with E-state index >= 15 is 0 Å². The molecule has 1 N–H and O–H groups in total. The second kappa shape index (κ2) is 5.49. The van der Waals surface area contributed by atoms with Crippen molar-refractivity contribution in [1.29, 1.82) is 0 Å². The SMILES string of the molecule is CCc1ccc2c(c1)C(CCNC)CCC2. The molecule has 88 valence electrons. The molecule has 1 aromatic rings. The summed E-state index contributed by atoms with van der Waals surface area (Å²) in [6, 6.07) is 7.12. The van der Waals surface area contributed by atoms with Gasteiger partial charge in [0.15, 0.2) is 0 Å². The van der Waals surface area contributed by atoms with Gasteiger partial charge in [-0.2, -0.15) is 0 Å². The van der Waals surface area contributed by atoms with E-state index in [-0.39, 0.29) is 0 Å². The maximum absolute atomic E-state index is 3.27. The van der Waals surface area contributed by atoms with Gasteiger partial charge in [0.25, 0.3) is 0 Å². The summed E-state index contributed by atoms with van der Waals surface area (Å²) in [6.07, 6.45) is 6.48. The summed E-state index contributed by atoms with van der Waals surface area (Å²) in [5.41, 5.74) is 4.74. The summed E-state index contributed by atoms with van der Waals surface area (Å²) in [7, 11) is 2.05. The lowest BCUT2D eigenvalue weighted by Gasteiger charge is -2.26. The molecule has 0 saturated heterocycles. The van der Waals surface area contributed by atoms with Crippen LogP contribution in [0.5, 0.6) is 0 Å². The Morgan fingerprint density at radius 3 is 3.00 bits per heavy atom. The molecule has 2 rings (SSSR count). The van der Waals surface area contributed by atoms with Gasteiger partial charge in [-0.05, 0) is 68.3 Å². The summed E-state index contributed by atoms with van der Waals surface area (Å²) < 4.78 is 0. The Morgan fingerprint density at radius 2 is 2.25 bits per heavy atom. The molecule has 1 aliphatic carbocycles. The number of nitrogens with one attached hydrogen (secondary N) is 1. The van der Waals surface area contributed by atoms with Crippen molar-refractivity contribution in [1.82, 2.24) is 5.32 Å². The Hall–Kier alpha value is -0.820. The number of hydrogen-bond donors (Lipinski definition) is 1. The standard InChI is InChI=1S/C15H23N/c1-3-12-7-8-13-5-4-6-14(9-10-16-2)15(13)11-12/h7-8,11,14,16H,3-6,9-10H2,1-2H3. The van der Waals surface area contributed by atoms with Crippen molar-refractivity contribution in [2.45, 2.75) is 44.9 Å². The highest BCUT2D eigenvalue weighted by molar-refractivity contribution is 5.36. The topological polar surface area (TPSA) is 12.0 Å². The second-order valence-corrected chi connectivity index (χ2v) is 4.87. The summed E-state index contributed by atoms with van der Waals surface area (Å²) in [4.78, 5) is 0. The van der Waals surface area contributed by atoms with Crippen LogP contribution in [0.1, 0.15) is 48.8 Å². The van der Waals surface area contributed by atoms with Crippen molar-refractivity contribution in [3.63, 3.8) is 0 Å². The minimum absolute atomic E-state index is 0.794. The Kier molecular flexibility index (Phi) is 4.00. The fraction of sp³-hybridized carbons (Fsp3) is 0.600. The first-order valence-electron chi connectivity index (χ1n) is 6.61. The summed E-state index contributed by atoms with van der Waals surface area (Å²) in [5.74, 6) is 0.794. The minimum atomic E-state index is 0.794. The third-order valence-electron chi connectivity index (χ3n) is 3.80. The highest BCUT2D eigenvalue weighted by Gasteiger charge is 2.19. The van der Waals surface area contributed by atoms with Crippen LogP contribution in [-0.2, 0) is 12.8 Å². The predicted molar refractivity (Wildman–Crippen MR) is 70.0 cm³/mol.